The molecule has 5 heteroatoms. The molecule has 0 unspecified atom stereocenters. The van der Waals surface area contributed by atoms with Crippen molar-refractivity contribution in [2.24, 2.45) is 21.8 Å². The topological polar surface area (TPSA) is 41.5 Å². The minimum Gasteiger partial charge on any atom is -0.267 e. The fourth-order valence-electron chi connectivity index (χ4n) is 3.95. The van der Waals surface area contributed by atoms with E-state index in [9.17, 15) is 4.79 Å². The highest BCUT2D eigenvalue weighted by atomic mass is 35.5. The van der Waals surface area contributed by atoms with Crippen LogP contribution in [0.3, 0.4) is 0 Å². The molecule has 3 rings (SSSR count). The average Bonchev–Trinajstić information content (AvgIpc) is 2.77. The second-order valence-corrected chi connectivity index (χ2v) is 7.96. The van der Waals surface area contributed by atoms with E-state index in [0.29, 0.717) is 21.5 Å². The molecule has 1 amide bonds. The minimum absolute atomic E-state index is 0.0781. The monoisotopic (exact) mass is 338 g/mol. The number of carbonyl (C=O) groups excluding carboxylic acids is 1. The van der Waals surface area contributed by atoms with Crippen LogP contribution < -0.4 is 5.43 Å². The molecule has 1 aromatic rings. The number of benzene rings is 1. The molecule has 22 heavy (non-hydrogen) atoms. The fraction of sp³-hybridized carbons (Fsp3) is 0.529. The highest BCUT2D eigenvalue weighted by molar-refractivity contribution is 6.36. The number of nitrogens with one attached hydrogen (secondary N) is 1. The van der Waals surface area contributed by atoms with Crippen LogP contribution in [0.2, 0.25) is 10.0 Å². The normalized spacial score (nSPS) is 30.8. The summed E-state index contributed by atoms with van der Waals surface area (Å²) in [5.74, 6) is 0.366. The molecule has 3 nitrogen and oxygen atoms in total. The van der Waals surface area contributed by atoms with Crippen LogP contribution in [0.4, 0.5) is 0 Å². The number of nitrogens with zero attached hydrogens (tertiary/aromatic N) is 1. The molecule has 0 radical (unpaired) electrons. The Hall–Kier alpha value is -1.06. The van der Waals surface area contributed by atoms with Gasteiger partial charge in [0, 0.05) is 16.1 Å². The predicted octanol–water partition coefficient (Wildman–Crippen LogP) is 4.93. The van der Waals surface area contributed by atoms with Crippen molar-refractivity contribution in [2.45, 2.75) is 40.0 Å². The molecule has 2 aliphatic rings. The van der Waals surface area contributed by atoms with E-state index >= 15 is 0 Å². The first-order valence-electron chi connectivity index (χ1n) is 7.58. The van der Waals surface area contributed by atoms with Gasteiger partial charge in [-0.2, -0.15) is 5.10 Å². The van der Waals surface area contributed by atoms with Gasteiger partial charge in [0.15, 0.2) is 0 Å². The predicted molar refractivity (Wildman–Crippen MR) is 90.6 cm³/mol. The second-order valence-electron chi connectivity index (χ2n) is 7.12. The number of hydrogen-bond acceptors (Lipinski definition) is 2. The fourth-order valence-corrected chi connectivity index (χ4v) is 4.44. The zero-order valence-electron chi connectivity index (χ0n) is 13.0. The van der Waals surface area contributed by atoms with Crippen LogP contribution in [0.25, 0.3) is 0 Å². The third-order valence-corrected chi connectivity index (χ3v) is 6.53. The van der Waals surface area contributed by atoms with E-state index in [4.69, 9.17) is 23.2 Å². The standard InChI is InChI=1S/C17H20Cl2N2O/c1-16(2)10-6-7-17(16,3)14(8-10)20-21-15(22)12-5-4-11(18)9-13(12)19/h4-5,9-10H,6-8H2,1-3H3,(H,21,22)/b20-14-/t10-,17+/m0/s1. The summed E-state index contributed by atoms with van der Waals surface area (Å²) < 4.78 is 0. The summed E-state index contributed by atoms with van der Waals surface area (Å²) in [6, 6.07) is 4.83. The van der Waals surface area contributed by atoms with Crippen molar-refractivity contribution in [3.05, 3.63) is 33.8 Å². The van der Waals surface area contributed by atoms with Gasteiger partial charge in [-0.15, -0.1) is 0 Å². The lowest BCUT2D eigenvalue weighted by Crippen LogP contribution is -2.34. The van der Waals surface area contributed by atoms with Gasteiger partial charge in [-0.25, -0.2) is 5.43 Å². The van der Waals surface area contributed by atoms with E-state index in [1.165, 1.54) is 6.42 Å². The number of halogens is 2. The van der Waals surface area contributed by atoms with Crippen molar-refractivity contribution in [1.29, 1.82) is 0 Å². The van der Waals surface area contributed by atoms with Gasteiger partial charge in [-0.05, 0) is 48.8 Å². The van der Waals surface area contributed by atoms with Gasteiger partial charge >= 0.3 is 0 Å². The lowest BCUT2D eigenvalue weighted by molar-refractivity contribution is 0.0954. The summed E-state index contributed by atoms with van der Waals surface area (Å²) >= 11 is 11.9. The molecule has 1 aromatic carbocycles. The number of carbonyl (C=O) groups is 1. The van der Waals surface area contributed by atoms with Crippen molar-refractivity contribution in [2.75, 3.05) is 0 Å². The maximum atomic E-state index is 12.3. The Kier molecular flexibility index (Phi) is 3.77. The summed E-state index contributed by atoms with van der Waals surface area (Å²) in [7, 11) is 0. The SMILES string of the molecule is CC1(C)[C@H]2CC[C@]1(C)/C(=N\NC(=O)c1ccc(Cl)cc1Cl)C2. The van der Waals surface area contributed by atoms with Gasteiger partial charge in [-0.3, -0.25) is 4.79 Å². The summed E-state index contributed by atoms with van der Waals surface area (Å²) in [5.41, 5.74) is 4.49. The molecule has 118 valence electrons. The lowest BCUT2D eigenvalue weighted by Gasteiger charge is -2.34. The Labute approximate surface area is 141 Å². The molecule has 2 atom stereocenters. The highest BCUT2D eigenvalue weighted by Gasteiger charge is 2.60. The largest absolute Gasteiger partial charge is 0.272 e. The highest BCUT2D eigenvalue weighted by Crippen LogP contribution is 2.63. The van der Waals surface area contributed by atoms with E-state index in [1.807, 2.05) is 0 Å². The van der Waals surface area contributed by atoms with E-state index in [0.717, 1.165) is 18.6 Å². The van der Waals surface area contributed by atoms with E-state index < -0.39 is 0 Å². The number of fused-ring (bicyclic) bond motifs is 2. The van der Waals surface area contributed by atoms with Gasteiger partial charge in [0.25, 0.3) is 5.91 Å². The minimum atomic E-state index is -0.293. The Balaban J connectivity index is 1.79. The molecule has 2 aliphatic carbocycles. The number of hydrazone groups is 1. The van der Waals surface area contributed by atoms with Crippen LogP contribution in [0.1, 0.15) is 50.4 Å². The van der Waals surface area contributed by atoms with Crippen LogP contribution in [-0.2, 0) is 0 Å². The summed E-state index contributed by atoms with van der Waals surface area (Å²) in [6.45, 7) is 6.89. The Morgan fingerprint density at radius 2 is 2.05 bits per heavy atom. The van der Waals surface area contributed by atoms with Crippen molar-refractivity contribution in [3.8, 4) is 0 Å². The van der Waals surface area contributed by atoms with E-state index in [1.54, 1.807) is 18.2 Å². The Morgan fingerprint density at radius 1 is 1.32 bits per heavy atom. The van der Waals surface area contributed by atoms with Crippen molar-refractivity contribution in [3.63, 3.8) is 0 Å². The number of hydrogen-bond donors (Lipinski definition) is 1. The summed E-state index contributed by atoms with van der Waals surface area (Å²) in [6.07, 6.45) is 3.36. The molecular weight excluding hydrogens is 319 g/mol. The van der Waals surface area contributed by atoms with E-state index in [-0.39, 0.29) is 16.7 Å². The molecule has 0 heterocycles. The zero-order chi connectivity index (χ0) is 16.1. The first kappa shape index (κ1) is 15.8. The molecule has 0 saturated heterocycles. The smallest absolute Gasteiger partial charge is 0.267 e. The van der Waals surface area contributed by atoms with Crippen LogP contribution in [0.15, 0.2) is 23.3 Å². The first-order valence-corrected chi connectivity index (χ1v) is 8.34. The molecule has 0 spiro atoms. The molecule has 0 aromatic heterocycles. The van der Waals surface area contributed by atoms with Crippen molar-refractivity contribution >= 4 is 34.8 Å². The molecule has 0 aliphatic heterocycles. The van der Waals surface area contributed by atoms with E-state index in [2.05, 4.69) is 31.3 Å². The third-order valence-electron chi connectivity index (χ3n) is 5.98. The molecule has 2 bridgehead atoms. The molecule has 2 fully saturated rings. The Bertz CT molecular complexity index is 669. The van der Waals surface area contributed by atoms with Crippen LogP contribution in [0.5, 0.6) is 0 Å². The van der Waals surface area contributed by atoms with Crippen molar-refractivity contribution < 1.29 is 4.79 Å². The summed E-state index contributed by atoms with van der Waals surface area (Å²) in [5, 5.41) is 5.29. The van der Waals surface area contributed by atoms with Gasteiger partial charge < -0.3 is 0 Å². The van der Waals surface area contributed by atoms with Crippen LogP contribution in [0, 0.1) is 16.7 Å². The number of rotatable bonds is 2. The molecular formula is C17H20Cl2N2O. The average molecular weight is 339 g/mol. The number of amides is 1. The lowest BCUT2D eigenvalue weighted by atomic mass is 9.70. The van der Waals surface area contributed by atoms with Gasteiger partial charge in [0.2, 0.25) is 0 Å². The summed E-state index contributed by atoms with van der Waals surface area (Å²) in [4.78, 5) is 12.3. The maximum absolute atomic E-state index is 12.3. The zero-order valence-corrected chi connectivity index (χ0v) is 14.6. The second kappa shape index (κ2) is 5.24. The Morgan fingerprint density at radius 3 is 2.59 bits per heavy atom. The quantitative estimate of drug-likeness (QED) is 0.763. The van der Waals surface area contributed by atoms with Gasteiger partial charge in [-0.1, -0.05) is 44.0 Å². The van der Waals surface area contributed by atoms with Crippen LogP contribution in [-0.4, -0.2) is 11.6 Å². The van der Waals surface area contributed by atoms with Crippen LogP contribution >= 0.6 is 23.2 Å². The van der Waals surface area contributed by atoms with Crippen molar-refractivity contribution in [1.82, 2.24) is 5.43 Å². The maximum Gasteiger partial charge on any atom is 0.272 e. The molecule has 2 saturated carbocycles. The first-order chi connectivity index (χ1) is 10.3. The molecule has 1 N–H and O–H groups in total. The van der Waals surface area contributed by atoms with Gasteiger partial charge in [0.05, 0.1) is 10.6 Å². The van der Waals surface area contributed by atoms with Gasteiger partial charge in [0.1, 0.15) is 0 Å². The third kappa shape index (κ3) is 2.26.